The third kappa shape index (κ3) is 3.23. The smallest absolute Gasteiger partial charge is 0.231 e. The van der Waals surface area contributed by atoms with E-state index in [1.54, 1.807) is 6.07 Å². The predicted molar refractivity (Wildman–Crippen MR) is 49.9 cm³/mol. The molecule has 0 fully saturated rings. The minimum atomic E-state index is -0.378. The van der Waals surface area contributed by atoms with Crippen molar-refractivity contribution in [2.75, 3.05) is 6.54 Å². The summed E-state index contributed by atoms with van der Waals surface area (Å²) in [6.45, 7) is 0.745. The Bertz CT molecular complexity index is 339. The molecule has 0 aliphatic heterocycles. The SMILES string of the molecule is N#Cc1ccc(CNCC(N)=O)s1. The molecule has 0 aromatic carbocycles. The Hall–Kier alpha value is -1.38. The van der Waals surface area contributed by atoms with Crippen LogP contribution in [-0.2, 0) is 11.3 Å². The average molecular weight is 195 g/mol. The Balaban J connectivity index is 2.38. The summed E-state index contributed by atoms with van der Waals surface area (Å²) >= 11 is 1.41. The number of nitriles is 1. The average Bonchev–Trinajstić information content (AvgIpc) is 2.52. The molecule has 5 heteroatoms. The number of carbonyl (C=O) groups excluding carboxylic acids is 1. The fourth-order valence-corrected chi connectivity index (χ4v) is 1.62. The van der Waals surface area contributed by atoms with Crippen molar-refractivity contribution in [1.82, 2.24) is 5.32 Å². The van der Waals surface area contributed by atoms with Gasteiger partial charge in [-0.1, -0.05) is 0 Å². The van der Waals surface area contributed by atoms with Crippen molar-refractivity contribution in [1.29, 1.82) is 5.26 Å². The van der Waals surface area contributed by atoms with Gasteiger partial charge >= 0.3 is 0 Å². The molecule has 0 bridgehead atoms. The number of nitrogens with zero attached hydrogens (tertiary/aromatic N) is 1. The highest BCUT2D eigenvalue weighted by Gasteiger charge is 1.99. The molecule has 68 valence electrons. The number of thiophene rings is 1. The van der Waals surface area contributed by atoms with Crippen LogP contribution >= 0.6 is 11.3 Å². The fraction of sp³-hybridized carbons (Fsp3) is 0.250. The molecule has 1 amide bonds. The second-order valence-electron chi connectivity index (χ2n) is 2.45. The van der Waals surface area contributed by atoms with Crippen LogP contribution in [0.15, 0.2) is 12.1 Å². The first-order valence-electron chi connectivity index (χ1n) is 3.70. The monoisotopic (exact) mass is 195 g/mol. The fourth-order valence-electron chi connectivity index (χ4n) is 0.842. The zero-order valence-electron chi connectivity index (χ0n) is 6.91. The third-order valence-corrected chi connectivity index (χ3v) is 2.36. The zero-order valence-corrected chi connectivity index (χ0v) is 7.73. The van der Waals surface area contributed by atoms with Crippen molar-refractivity contribution in [3.63, 3.8) is 0 Å². The summed E-state index contributed by atoms with van der Waals surface area (Å²) in [7, 11) is 0. The molecule has 13 heavy (non-hydrogen) atoms. The van der Waals surface area contributed by atoms with Gasteiger partial charge in [-0.25, -0.2) is 0 Å². The molecule has 0 unspecified atom stereocenters. The van der Waals surface area contributed by atoms with E-state index in [1.807, 2.05) is 12.1 Å². The van der Waals surface area contributed by atoms with Crippen LogP contribution in [0.25, 0.3) is 0 Å². The summed E-state index contributed by atoms with van der Waals surface area (Å²) < 4.78 is 0. The minimum absolute atomic E-state index is 0.166. The van der Waals surface area contributed by atoms with Gasteiger partial charge < -0.3 is 11.1 Å². The van der Waals surface area contributed by atoms with E-state index in [2.05, 4.69) is 5.32 Å². The Morgan fingerprint density at radius 3 is 3.00 bits per heavy atom. The Morgan fingerprint density at radius 2 is 2.46 bits per heavy atom. The van der Waals surface area contributed by atoms with Crippen LogP contribution in [0.2, 0.25) is 0 Å². The van der Waals surface area contributed by atoms with E-state index >= 15 is 0 Å². The van der Waals surface area contributed by atoms with Crippen LogP contribution in [0.4, 0.5) is 0 Å². The van der Waals surface area contributed by atoms with Crippen molar-refractivity contribution in [3.8, 4) is 6.07 Å². The van der Waals surface area contributed by atoms with Crippen LogP contribution in [0.3, 0.4) is 0 Å². The van der Waals surface area contributed by atoms with Crippen LogP contribution in [0.1, 0.15) is 9.75 Å². The minimum Gasteiger partial charge on any atom is -0.369 e. The van der Waals surface area contributed by atoms with Crippen molar-refractivity contribution in [2.45, 2.75) is 6.54 Å². The highest BCUT2D eigenvalue weighted by molar-refractivity contribution is 7.12. The standard InChI is InChI=1S/C8H9N3OS/c9-3-6-1-2-7(13-6)4-11-5-8(10)12/h1-2,11H,4-5H2,(H2,10,12). The van der Waals surface area contributed by atoms with Gasteiger partial charge in [0, 0.05) is 11.4 Å². The second-order valence-corrected chi connectivity index (χ2v) is 3.62. The zero-order chi connectivity index (χ0) is 9.68. The molecule has 4 nitrogen and oxygen atoms in total. The van der Waals surface area contributed by atoms with Crippen molar-refractivity contribution in [2.24, 2.45) is 5.73 Å². The van der Waals surface area contributed by atoms with Gasteiger partial charge in [-0.2, -0.15) is 5.26 Å². The third-order valence-electron chi connectivity index (χ3n) is 1.37. The van der Waals surface area contributed by atoms with Crippen molar-refractivity contribution < 1.29 is 4.79 Å². The number of hydrogen-bond acceptors (Lipinski definition) is 4. The summed E-state index contributed by atoms with van der Waals surface area (Å²) in [6, 6.07) is 5.66. The molecule has 1 heterocycles. The summed E-state index contributed by atoms with van der Waals surface area (Å²) in [6.07, 6.45) is 0. The Kier molecular flexibility index (Phi) is 3.43. The second kappa shape index (κ2) is 4.60. The van der Waals surface area contributed by atoms with Crippen molar-refractivity contribution in [3.05, 3.63) is 21.9 Å². The van der Waals surface area contributed by atoms with Gasteiger partial charge in [0.25, 0.3) is 0 Å². The predicted octanol–water partition coefficient (Wildman–Crippen LogP) is 0.195. The number of primary amides is 1. The lowest BCUT2D eigenvalue weighted by atomic mass is 10.4. The normalized spacial score (nSPS) is 9.46. The Morgan fingerprint density at radius 1 is 1.69 bits per heavy atom. The molecular formula is C8H9N3OS. The number of carbonyl (C=O) groups is 1. The van der Waals surface area contributed by atoms with Gasteiger partial charge in [0.1, 0.15) is 10.9 Å². The first-order chi connectivity index (χ1) is 6.22. The molecule has 1 aromatic heterocycles. The number of nitrogens with two attached hydrogens (primary N) is 1. The number of rotatable bonds is 4. The van der Waals surface area contributed by atoms with E-state index in [0.29, 0.717) is 11.4 Å². The van der Waals surface area contributed by atoms with Crippen LogP contribution in [0, 0.1) is 11.3 Å². The van der Waals surface area contributed by atoms with Gasteiger partial charge in [0.2, 0.25) is 5.91 Å². The molecule has 3 N–H and O–H groups in total. The molecule has 0 spiro atoms. The maximum atomic E-state index is 10.4. The lowest BCUT2D eigenvalue weighted by molar-refractivity contribution is -0.117. The highest BCUT2D eigenvalue weighted by Crippen LogP contribution is 2.14. The highest BCUT2D eigenvalue weighted by atomic mass is 32.1. The van der Waals surface area contributed by atoms with Crippen molar-refractivity contribution >= 4 is 17.2 Å². The molecule has 0 aliphatic rings. The summed E-state index contributed by atoms with van der Waals surface area (Å²) in [4.78, 5) is 12.1. The molecule has 0 radical (unpaired) electrons. The summed E-state index contributed by atoms with van der Waals surface area (Å²) in [5.41, 5.74) is 4.94. The van der Waals surface area contributed by atoms with E-state index in [-0.39, 0.29) is 12.5 Å². The van der Waals surface area contributed by atoms with E-state index in [1.165, 1.54) is 11.3 Å². The largest absolute Gasteiger partial charge is 0.369 e. The maximum Gasteiger partial charge on any atom is 0.231 e. The molecule has 0 atom stereocenters. The topological polar surface area (TPSA) is 78.9 Å². The molecule has 0 saturated heterocycles. The summed E-state index contributed by atoms with van der Waals surface area (Å²) in [5, 5.41) is 11.4. The maximum absolute atomic E-state index is 10.4. The van der Waals surface area contributed by atoms with E-state index < -0.39 is 0 Å². The number of nitrogens with one attached hydrogen (secondary N) is 1. The van der Waals surface area contributed by atoms with Crippen LogP contribution < -0.4 is 11.1 Å². The quantitative estimate of drug-likeness (QED) is 0.720. The van der Waals surface area contributed by atoms with Gasteiger partial charge in [-0.05, 0) is 12.1 Å². The van der Waals surface area contributed by atoms with E-state index in [4.69, 9.17) is 11.0 Å². The number of amides is 1. The molecule has 0 saturated carbocycles. The molecular weight excluding hydrogens is 186 g/mol. The molecule has 1 rings (SSSR count). The Labute approximate surface area is 80.0 Å². The van der Waals surface area contributed by atoms with Gasteiger partial charge in [0.15, 0.2) is 0 Å². The first kappa shape index (κ1) is 9.71. The van der Waals surface area contributed by atoms with Gasteiger partial charge in [-0.15, -0.1) is 11.3 Å². The van der Waals surface area contributed by atoms with Crippen LogP contribution in [-0.4, -0.2) is 12.5 Å². The number of hydrogen-bond donors (Lipinski definition) is 2. The lowest BCUT2D eigenvalue weighted by Crippen LogP contribution is -2.27. The summed E-state index contributed by atoms with van der Waals surface area (Å²) in [5.74, 6) is -0.378. The first-order valence-corrected chi connectivity index (χ1v) is 4.52. The van der Waals surface area contributed by atoms with Gasteiger partial charge in [-0.3, -0.25) is 4.79 Å². The molecule has 1 aromatic rings. The molecule has 0 aliphatic carbocycles. The lowest BCUT2D eigenvalue weighted by Gasteiger charge is -1.97. The van der Waals surface area contributed by atoms with Gasteiger partial charge in [0.05, 0.1) is 6.54 Å². The van der Waals surface area contributed by atoms with E-state index in [9.17, 15) is 4.79 Å². The van der Waals surface area contributed by atoms with Crippen LogP contribution in [0.5, 0.6) is 0 Å². The van der Waals surface area contributed by atoms with E-state index in [0.717, 1.165) is 4.88 Å².